The second-order valence-corrected chi connectivity index (χ2v) is 5.27. The normalized spacial score (nSPS) is 18.7. The Balaban J connectivity index is 2.70. The van der Waals surface area contributed by atoms with E-state index in [9.17, 15) is 4.79 Å². The maximum absolute atomic E-state index is 12.5. The van der Waals surface area contributed by atoms with Crippen molar-refractivity contribution in [3.63, 3.8) is 0 Å². The topological polar surface area (TPSA) is 20.3 Å². The second kappa shape index (κ2) is 6.70. The van der Waals surface area contributed by atoms with Gasteiger partial charge in [0.05, 0.1) is 0 Å². The molecule has 1 aliphatic carbocycles. The summed E-state index contributed by atoms with van der Waals surface area (Å²) in [5.41, 5.74) is -0.113. The first-order valence-corrected chi connectivity index (χ1v) is 7.18. The molecule has 0 saturated heterocycles. The molecule has 94 valence electrons. The molecule has 1 amide bonds. The highest BCUT2D eigenvalue weighted by molar-refractivity contribution is 6.18. The molecule has 16 heavy (non-hydrogen) atoms. The molecule has 1 rings (SSSR count). The molecule has 1 saturated carbocycles. The third-order valence-electron chi connectivity index (χ3n) is 3.69. The maximum atomic E-state index is 12.5. The highest BCUT2D eigenvalue weighted by atomic mass is 35.5. The van der Waals surface area contributed by atoms with Crippen molar-refractivity contribution in [3.8, 4) is 0 Å². The van der Waals surface area contributed by atoms with E-state index in [1.807, 2.05) is 4.90 Å². The van der Waals surface area contributed by atoms with Gasteiger partial charge in [-0.1, -0.05) is 19.8 Å². The van der Waals surface area contributed by atoms with E-state index in [2.05, 4.69) is 6.92 Å². The minimum atomic E-state index is -0.113. The molecular weight excluding hydrogens is 245 g/mol. The van der Waals surface area contributed by atoms with Crippen LogP contribution in [0.25, 0.3) is 0 Å². The molecular formula is C12H21Cl2NO. The zero-order valence-corrected chi connectivity index (χ0v) is 11.5. The van der Waals surface area contributed by atoms with E-state index in [0.717, 1.165) is 19.3 Å². The molecule has 0 aromatic carbocycles. The molecule has 4 heteroatoms. The fourth-order valence-corrected chi connectivity index (χ4v) is 3.03. The van der Waals surface area contributed by atoms with Crippen molar-refractivity contribution in [1.29, 1.82) is 0 Å². The van der Waals surface area contributed by atoms with Gasteiger partial charge in [-0.2, -0.15) is 0 Å². The predicted octanol–water partition coefficient (Wildman–Crippen LogP) is 3.26. The third-order valence-corrected chi connectivity index (χ3v) is 4.03. The number of hydrogen-bond acceptors (Lipinski definition) is 1. The van der Waals surface area contributed by atoms with Crippen LogP contribution in [-0.2, 0) is 4.79 Å². The van der Waals surface area contributed by atoms with Gasteiger partial charge in [-0.15, -0.1) is 23.2 Å². The first kappa shape index (κ1) is 14.1. The van der Waals surface area contributed by atoms with Gasteiger partial charge >= 0.3 is 0 Å². The van der Waals surface area contributed by atoms with Crippen molar-refractivity contribution >= 4 is 29.1 Å². The highest BCUT2D eigenvalue weighted by Crippen LogP contribution is 2.42. The van der Waals surface area contributed by atoms with Crippen LogP contribution < -0.4 is 0 Å². The van der Waals surface area contributed by atoms with Gasteiger partial charge in [-0.25, -0.2) is 0 Å². The summed E-state index contributed by atoms with van der Waals surface area (Å²) in [5.74, 6) is 1.25. The SMILES string of the molecule is CCC1(C(=O)N(CCCl)CCCl)CCCC1. The van der Waals surface area contributed by atoms with Crippen molar-refractivity contribution in [1.82, 2.24) is 4.90 Å². The van der Waals surface area contributed by atoms with Crippen molar-refractivity contribution in [2.24, 2.45) is 5.41 Å². The smallest absolute Gasteiger partial charge is 0.228 e. The van der Waals surface area contributed by atoms with Crippen LogP contribution in [0.5, 0.6) is 0 Å². The first-order valence-electron chi connectivity index (χ1n) is 6.11. The van der Waals surface area contributed by atoms with E-state index in [-0.39, 0.29) is 11.3 Å². The maximum Gasteiger partial charge on any atom is 0.228 e. The van der Waals surface area contributed by atoms with E-state index in [4.69, 9.17) is 23.2 Å². The third kappa shape index (κ3) is 3.04. The average molecular weight is 266 g/mol. The lowest BCUT2D eigenvalue weighted by Crippen LogP contribution is -2.44. The monoisotopic (exact) mass is 265 g/mol. The van der Waals surface area contributed by atoms with Crippen LogP contribution in [0.4, 0.5) is 0 Å². The van der Waals surface area contributed by atoms with Crippen LogP contribution in [-0.4, -0.2) is 35.7 Å². The molecule has 0 N–H and O–H groups in total. The van der Waals surface area contributed by atoms with Gasteiger partial charge in [-0.3, -0.25) is 4.79 Å². The number of alkyl halides is 2. The molecule has 0 unspecified atom stereocenters. The quantitative estimate of drug-likeness (QED) is 0.676. The van der Waals surface area contributed by atoms with Crippen molar-refractivity contribution in [2.45, 2.75) is 39.0 Å². The molecule has 0 atom stereocenters. The largest absolute Gasteiger partial charge is 0.340 e. The molecule has 0 heterocycles. The summed E-state index contributed by atoms with van der Waals surface area (Å²) in [6.07, 6.45) is 5.35. The first-order chi connectivity index (χ1) is 7.70. The van der Waals surface area contributed by atoms with E-state index in [1.165, 1.54) is 12.8 Å². The number of halogens is 2. The lowest BCUT2D eigenvalue weighted by atomic mass is 9.82. The van der Waals surface area contributed by atoms with Crippen LogP contribution in [0.2, 0.25) is 0 Å². The Morgan fingerprint density at radius 1 is 1.19 bits per heavy atom. The van der Waals surface area contributed by atoms with Gasteiger partial charge in [0, 0.05) is 30.3 Å². The minimum Gasteiger partial charge on any atom is -0.340 e. The molecule has 1 fully saturated rings. The Kier molecular flexibility index (Phi) is 5.91. The van der Waals surface area contributed by atoms with Crippen molar-refractivity contribution < 1.29 is 4.79 Å². The van der Waals surface area contributed by atoms with Gasteiger partial charge in [-0.05, 0) is 19.3 Å². The Morgan fingerprint density at radius 3 is 2.06 bits per heavy atom. The molecule has 1 aliphatic rings. The van der Waals surface area contributed by atoms with Crippen LogP contribution in [0, 0.1) is 5.41 Å². The second-order valence-electron chi connectivity index (χ2n) is 4.51. The summed E-state index contributed by atoms with van der Waals surface area (Å²) in [5, 5.41) is 0. The van der Waals surface area contributed by atoms with Gasteiger partial charge < -0.3 is 4.90 Å². The van der Waals surface area contributed by atoms with E-state index in [1.54, 1.807) is 0 Å². The van der Waals surface area contributed by atoms with Crippen LogP contribution >= 0.6 is 23.2 Å². The summed E-state index contributed by atoms with van der Waals surface area (Å²) < 4.78 is 0. The fourth-order valence-electron chi connectivity index (χ4n) is 2.62. The molecule has 0 aromatic rings. The van der Waals surface area contributed by atoms with Crippen LogP contribution in [0.3, 0.4) is 0 Å². The van der Waals surface area contributed by atoms with E-state index in [0.29, 0.717) is 24.8 Å². The number of amides is 1. The zero-order valence-electron chi connectivity index (χ0n) is 9.98. The summed E-state index contributed by atoms with van der Waals surface area (Å²) in [4.78, 5) is 14.3. The predicted molar refractivity (Wildman–Crippen MR) is 69.2 cm³/mol. The van der Waals surface area contributed by atoms with E-state index >= 15 is 0 Å². The summed E-state index contributed by atoms with van der Waals surface area (Å²) >= 11 is 11.5. The highest BCUT2D eigenvalue weighted by Gasteiger charge is 2.41. The molecule has 0 aromatic heterocycles. The number of nitrogens with zero attached hydrogens (tertiary/aromatic N) is 1. The van der Waals surface area contributed by atoms with Crippen molar-refractivity contribution in [2.75, 3.05) is 24.8 Å². The van der Waals surface area contributed by atoms with E-state index < -0.39 is 0 Å². The lowest BCUT2D eigenvalue weighted by Gasteiger charge is -2.33. The molecule has 0 spiro atoms. The van der Waals surface area contributed by atoms with Crippen LogP contribution in [0.15, 0.2) is 0 Å². The number of hydrogen-bond donors (Lipinski definition) is 0. The minimum absolute atomic E-state index is 0.113. The Bertz CT molecular complexity index is 221. The summed E-state index contributed by atoms with van der Waals surface area (Å²) in [6, 6.07) is 0. The number of carbonyl (C=O) groups is 1. The molecule has 0 aliphatic heterocycles. The van der Waals surface area contributed by atoms with Gasteiger partial charge in [0.15, 0.2) is 0 Å². The fraction of sp³-hybridized carbons (Fsp3) is 0.917. The average Bonchev–Trinajstić information content (AvgIpc) is 2.77. The number of rotatable bonds is 6. The van der Waals surface area contributed by atoms with Gasteiger partial charge in [0.25, 0.3) is 0 Å². The Morgan fingerprint density at radius 2 is 1.69 bits per heavy atom. The summed E-state index contributed by atoms with van der Waals surface area (Å²) in [7, 11) is 0. The lowest BCUT2D eigenvalue weighted by molar-refractivity contribution is -0.141. The standard InChI is InChI=1S/C12H21Cl2NO/c1-2-12(5-3-4-6-12)11(16)15(9-7-13)10-8-14/h2-10H2,1H3. The molecule has 0 radical (unpaired) electrons. The zero-order chi connectivity index (χ0) is 12.0. The van der Waals surface area contributed by atoms with Crippen molar-refractivity contribution in [3.05, 3.63) is 0 Å². The van der Waals surface area contributed by atoms with Gasteiger partial charge in [0.1, 0.15) is 0 Å². The summed E-state index contributed by atoms with van der Waals surface area (Å²) in [6.45, 7) is 3.35. The Labute approximate surface area is 108 Å². The number of carbonyl (C=O) groups excluding carboxylic acids is 1. The van der Waals surface area contributed by atoms with Gasteiger partial charge in [0.2, 0.25) is 5.91 Å². The Hall–Kier alpha value is 0.0500. The molecule has 0 bridgehead atoms. The van der Waals surface area contributed by atoms with Crippen LogP contribution in [0.1, 0.15) is 39.0 Å². The molecule has 2 nitrogen and oxygen atoms in total.